The highest BCUT2D eigenvalue weighted by atomic mass is 16.5. The van der Waals surface area contributed by atoms with Crippen molar-refractivity contribution in [1.82, 2.24) is 10.6 Å². The first kappa shape index (κ1) is 15.0. The van der Waals surface area contributed by atoms with Crippen LogP contribution in [0.25, 0.3) is 0 Å². The Balaban J connectivity index is 1.72. The van der Waals surface area contributed by atoms with Crippen LogP contribution in [0.1, 0.15) is 31.4 Å². The van der Waals surface area contributed by atoms with E-state index in [9.17, 15) is 4.79 Å². The number of hydrogen-bond acceptors (Lipinski definition) is 3. The predicted molar refractivity (Wildman–Crippen MR) is 79.5 cm³/mol. The molecule has 2 N–H and O–H groups in total. The van der Waals surface area contributed by atoms with Crippen LogP contribution >= 0.6 is 0 Å². The zero-order chi connectivity index (χ0) is 14.4. The van der Waals surface area contributed by atoms with Crippen molar-refractivity contribution >= 4 is 5.91 Å². The number of carbonyl (C=O) groups is 1. The average Bonchev–Trinajstić information content (AvgIpc) is 2.46. The third-order valence-electron chi connectivity index (χ3n) is 3.47. The molecular weight excluding hydrogens is 252 g/mol. The Morgan fingerprint density at radius 2 is 2.15 bits per heavy atom. The summed E-state index contributed by atoms with van der Waals surface area (Å²) in [6, 6.07) is 8.17. The third kappa shape index (κ3) is 4.32. The van der Waals surface area contributed by atoms with Gasteiger partial charge in [0.1, 0.15) is 0 Å². The summed E-state index contributed by atoms with van der Waals surface area (Å²) in [5.41, 5.74) is 2.57. The van der Waals surface area contributed by atoms with E-state index in [0.717, 1.165) is 19.4 Å². The number of rotatable bonds is 6. The van der Waals surface area contributed by atoms with Crippen LogP contribution in [0.15, 0.2) is 24.3 Å². The van der Waals surface area contributed by atoms with Crippen LogP contribution < -0.4 is 10.6 Å². The quantitative estimate of drug-likeness (QED) is 0.777. The number of nitrogens with one attached hydrogen (secondary N) is 2. The number of hydrogen-bond donors (Lipinski definition) is 2. The maximum absolute atomic E-state index is 12.1. The number of amides is 1. The molecular formula is C16H24N2O2. The minimum Gasteiger partial charge on any atom is -0.379 e. The summed E-state index contributed by atoms with van der Waals surface area (Å²) in [5, 5.41) is 6.27. The molecule has 20 heavy (non-hydrogen) atoms. The van der Waals surface area contributed by atoms with Gasteiger partial charge in [0.05, 0.1) is 12.1 Å². The van der Waals surface area contributed by atoms with Gasteiger partial charge in [-0.05, 0) is 37.8 Å². The van der Waals surface area contributed by atoms with Crippen molar-refractivity contribution in [3.05, 3.63) is 35.4 Å². The van der Waals surface area contributed by atoms with Crippen LogP contribution in [0.2, 0.25) is 0 Å². The van der Waals surface area contributed by atoms with Crippen molar-refractivity contribution in [3.8, 4) is 0 Å². The van der Waals surface area contributed by atoms with E-state index in [-0.39, 0.29) is 18.1 Å². The highest BCUT2D eigenvalue weighted by Gasteiger charge is 2.23. The summed E-state index contributed by atoms with van der Waals surface area (Å²) in [4.78, 5) is 12.1. The zero-order valence-electron chi connectivity index (χ0n) is 12.3. The van der Waals surface area contributed by atoms with Crippen LogP contribution in [0, 0.1) is 0 Å². The molecule has 0 aliphatic carbocycles. The molecule has 0 spiro atoms. The van der Waals surface area contributed by atoms with Gasteiger partial charge in [0.2, 0.25) is 5.91 Å². The van der Waals surface area contributed by atoms with Crippen LogP contribution in [0.3, 0.4) is 0 Å². The highest BCUT2D eigenvalue weighted by Crippen LogP contribution is 2.16. The molecule has 0 unspecified atom stereocenters. The second-order valence-electron chi connectivity index (χ2n) is 5.47. The molecule has 0 saturated heterocycles. The fourth-order valence-corrected chi connectivity index (χ4v) is 2.37. The van der Waals surface area contributed by atoms with Gasteiger partial charge >= 0.3 is 0 Å². The van der Waals surface area contributed by atoms with Gasteiger partial charge in [0.25, 0.3) is 0 Å². The van der Waals surface area contributed by atoms with Crippen molar-refractivity contribution in [2.24, 2.45) is 0 Å². The minimum absolute atomic E-state index is 0.0871. The van der Waals surface area contributed by atoms with Gasteiger partial charge in [0.15, 0.2) is 0 Å². The molecule has 0 bridgehead atoms. The first-order valence-corrected chi connectivity index (χ1v) is 7.36. The molecule has 1 atom stereocenters. The van der Waals surface area contributed by atoms with Crippen LogP contribution in [-0.2, 0) is 22.5 Å². The maximum atomic E-state index is 12.1. The van der Waals surface area contributed by atoms with Crippen LogP contribution in [0.4, 0.5) is 0 Å². The van der Waals surface area contributed by atoms with E-state index in [1.807, 2.05) is 26.0 Å². The minimum atomic E-state index is -0.115. The van der Waals surface area contributed by atoms with E-state index in [1.165, 1.54) is 11.1 Å². The van der Waals surface area contributed by atoms with E-state index in [2.05, 4.69) is 22.8 Å². The van der Waals surface area contributed by atoms with Crippen molar-refractivity contribution in [1.29, 1.82) is 0 Å². The van der Waals surface area contributed by atoms with Crippen molar-refractivity contribution in [2.45, 2.75) is 45.4 Å². The molecule has 0 aromatic heterocycles. The van der Waals surface area contributed by atoms with Crippen LogP contribution in [0.5, 0.6) is 0 Å². The second-order valence-corrected chi connectivity index (χ2v) is 5.47. The van der Waals surface area contributed by atoms with E-state index in [1.54, 1.807) is 0 Å². The molecule has 0 radical (unpaired) electrons. The lowest BCUT2D eigenvalue weighted by Crippen LogP contribution is -2.47. The molecule has 1 aromatic rings. The monoisotopic (exact) mass is 276 g/mol. The summed E-state index contributed by atoms with van der Waals surface area (Å²) < 4.78 is 5.45. The molecule has 4 nitrogen and oxygen atoms in total. The smallest absolute Gasteiger partial charge is 0.237 e. The molecule has 1 aliphatic heterocycles. The molecule has 4 heteroatoms. The molecule has 1 aromatic carbocycles. The SMILES string of the molecule is CC(C)OCCCNC(=O)[C@H]1Cc2ccccc2CN1. The zero-order valence-corrected chi connectivity index (χ0v) is 12.3. The molecule has 1 amide bonds. The average molecular weight is 276 g/mol. The van der Waals surface area contributed by atoms with E-state index in [0.29, 0.717) is 13.2 Å². The first-order chi connectivity index (χ1) is 9.66. The van der Waals surface area contributed by atoms with Gasteiger partial charge in [-0.15, -0.1) is 0 Å². The van der Waals surface area contributed by atoms with E-state index >= 15 is 0 Å². The van der Waals surface area contributed by atoms with Crippen molar-refractivity contribution in [3.63, 3.8) is 0 Å². The van der Waals surface area contributed by atoms with Gasteiger partial charge in [-0.2, -0.15) is 0 Å². The van der Waals surface area contributed by atoms with Gasteiger partial charge in [-0.25, -0.2) is 0 Å². The lowest BCUT2D eigenvalue weighted by molar-refractivity contribution is -0.123. The van der Waals surface area contributed by atoms with Crippen LogP contribution in [-0.4, -0.2) is 31.2 Å². The third-order valence-corrected chi connectivity index (χ3v) is 3.47. The predicted octanol–water partition coefficient (Wildman–Crippen LogP) is 1.63. The van der Waals surface area contributed by atoms with Gasteiger partial charge < -0.3 is 15.4 Å². The second kappa shape index (κ2) is 7.41. The standard InChI is InChI=1S/C16H24N2O2/c1-12(2)20-9-5-8-17-16(19)15-10-13-6-3-4-7-14(13)11-18-15/h3-4,6-7,12,15,18H,5,8-11H2,1-2H3,(H,17,19)/t15-/m1/s1. The lowest BCUT2D eigenvalue weighted by Gasteiger charge is -2.25. The maximum Gasteiger partial charge on any atom is 0.237 e. The van der Waals surface area contributed by atoms with Gasteiger partial charge in [-0.1, -0.05) is 24.3 Å². The van der Waals surface area contributed by atoms with Gasteiger partial charge in [-0.3, -0.25) is 4.79 Å². The lowest BCUT2D eigenvalue weighted by atomic mass is 9.95. The topological polar surface area (TPSA) is 50.4 Å². The fourth-order valence-electron chi connectivity index (χ4n) is 2.37. The largest absolute Gasteiger partial charge is 0.379 e. The van der Waals surface area contributed by atoms with E-state index in [4.69, 9.17) is 4.74 Å². The molecule has 2 rings (SSSR count). The Bertz CT molecular complexity index is 446. The molecule has 0 fully saturated rings. The number of ether oxygens (including phenoxy) is 1. The van der Waals surface area contributed by atoms with E-state index < -0.39 is 0 Å². The Morgan fingerprint density at radius 1 is 1.40 bits per heavy atom. The van der Waals surface area contributed by atoms with Gasteiger partial charge in [0, 0.05) is 19.7 Å². The Labute approximate surface area is 120 Å². The summed E-state index contributed by atoms with van der Waals surface area (Å²) in [6.07, 6.45) is 1.87. The summed E-state index contributed by atoms with van der Waals surface area (Å²) in [6.45, 7) is 6.17. The first-order valence-electron chi connectivity index (χ1n) is 7.36. The molecule has 1 heterocycles. The highest BCUT2D eigenvalue weighted by molar-refractivity contribution is 5.82. The van der Waals surface area contributed by atoms with Crippen molar-refractivity contribution in [2.75, 3.05) is 13.2 Å². The fraction of sp³-hybridized carbons (Fsp3) is 0.562. The molecule has 110 valence electrons. The number of carbonyl (C=O) groups excluding carboxylic acids is 1. The Kier molecular flexibility index (Phi) is 5.56. The number of fused-ring (bicyclic) bond motifs is 1. The Hall–Kier alpha value is -1.39. The van der Waals surface area contributed by atoms with Crippen molar-refractivity contribution < 1.29 is 9.53 Å². The molecule has 1 aliphatic rings. The Morgan fingerprint density at radius 3 is 2.90 bits per heavy atom. The summed E-state index contributed by atoms with van der Waals surface area (Å²) >= 11 is 0. The summed E-state index contributed by atoms with van der Waals surface area (Å²) in [7, 11) is 0. The normalized spacial score (nSPS) is 17.9. The molecule has 0 saturated carbocycles. The summed E-state index contributed by atoms with van der Waals surface area (Å²) in [5.74, 6) is 0.0871. The number of benzene rings is 1.